The van der Waals surface area contributed by atoms with Crippen LogP contribution in [-0.4, -0.2) is 28.1 Å². The van der Waals surface area contributed by atoms with Gasteiger partial charge in [0.2, 0.25) is 5.91 Å². The number of benzene rings is 1. The molecule has 1 amide bonds. The van der Waals surface area contributed by atoms with Gasteiger partial charge in [-0.25, -0.2) is 4.79 Å². The van der Waals surface area contributed by atoms with Crippen LogP contribution in [-0.2, 0) is 16.0 Å². The van der Waals surface area contributed by atoms with E-state index in [1.54, 1.807) is 18.2 Å². The van der Waals surface area contributed by atoms with Gasteiger partial charge in [-0.05, 0) is 37.0 Å². The van der Waals surface area contributed by atoms with Crippen LogP contribution in [0.1, 0.15) is 58.4 Å². The smallest absolute Gasteiger partial charge is 0.326 e. The Balaban J connectivity index is 2.55. The van der Waals surface area contributed by atoms with Gasteiger partial charge in [-0.3, -0.25) is 4.79 Å². The summed E-state index contributed by atoms with van der Waals surface area (Å²) in [6, 6.07) is 5.24. The van der Waals surface area contributed by atoms with E-state index in [1.165, 1.54) is 43.9 Å². The first-order valence-corrected chi connectivity index (χ1v) is 9.99. The molecule has 0 unspecified atom stereocenters. The summed E-state index contributed by atoms with van der Waals surface area (Å²) < 4.78 is 0. The first-order chi connectivity index (χ1) is 13.3. The van der Waals surface area contributed by atoms with Crippen LogP contribution in [0.15, 0.2) is 48.1 Å². The molecule has 0 saturated carbocycles. The van der Waals surface area contributed by atoms with Crippen LogP contribution >= 0.6 is 0 Å². The van der Waals surface area contributed by atoms with E-state index >= 15 is 0 Å². The highest BCUT2D eigenvalue weighted by molar-refractivity contribution is 5.91. The number of aliphatic carboxylic acids is 1. The van der Waals surface area contributed by atoms with Crippen LogP contribution in [0.3, 0.4) is 0 Å². The second kappa shape index (κ2) is 12.8. The highest BCUT2D eigenvalue weighted by Gasteiger charge is 2.19. The molecular weight excluding hydrogens is 354 g/mol. The first kappa shape index (κ1) is 23.5. The van der Waals surface area contributed by atoms with Gasteiger partial charge in [-0.1, -0.05) is 69.4 Å². The Morgan fingerprint density at radius 3 is 2.39 bits per heavy atom. The monoisotopic (exact) mass is 387 g/mol. The maximum atomic E-state index is 12.1. The van der Waals surface area contributed by atoms with Gasteiger partial charge in [0.15, 0.2) is 0 Å². The molecule has 1 aromatic rings. The summed E-state index contributed by atoms with van der Waals surface area (Å²) in [5.74, 6) is -0.965. The predicted octanol–water partition coefficient (Wildman–Crippen LogP) is 4.61. The molecule has 5 heteroatoms. The van der Waals surface area contributed by atoms with Gasteiger partial charge in [0.25, 0.3) is 0 Å². The van der Waals surface area contributed by atoms with Crippen LogP contribution in [0.25, 0.3) is 0 Å². The van der Waals surface area contributed by atoms with Gasteiger partial charge in [0, 0.05) is 12.5 Å². The number of carboxylic acid groups (broad SMARTS) is 1. The molecule has 0 aromatic heterocycles. The van der Waals surface area contributed by atoms with E-state index in [0.717, 1.165) is 17.6 Å². The number of allylic oxidation sites excluding steroid dienone is 3. The highest BCUT2D eigenvalue weighted by atomic mass is 16.4. The maximum Gasteiger partial charge on any atom is 0.326 e. The Morgan fingerprint density at radius 1 is 1.11 bits per heavy atom. The van der Waals surface area contributed by atoms with Crippen molar-refractivity contribution in [2.45, 2.75) is 65.3 Å². The zero-order valence-electron chi connectivity index (χ0n) is 17.1. The molecule has 0 fully saturated rings. The second-order valence-electron chi connectivity index (χ2n) is 7.34. The Labute approximate surface area is 168 Å². The van der Waals surface area contributed by atoms with Gasteiger partial charge < -0.3 is 15.5 Å². The molecule has 3 N–H and O–H groups in total. The number of unbranched alkanes of at least 4 members (excludes halogenated alkanes) is 3. The zero-order valence-corrected chi connectivity index (χ0v) is 17.1. The maximum absolute atomic E-state index is 12.1. The Kier molecular flexibility index (Phi) is 10.7. The molecule has 0 aliphatic carbocycles. The summed E-state index contributed by atoms with van der Waals surface area (Å²) in [4.78, 5) is 23.5. The third-order valence-electron chi connectivity index (χ3n) is 4.55. The number of hydrogen-bond acceptors (Lipinski definition) is 3. The average Bonchev–Trinajstić information content (AvgIpc) is 2.64. The molecule has 0 radical (unpaired) electrons. The average molecular weight is 388 g/mol. The summed E-state index contributed by atoms with van der Waals surface area (Å²) in [5.41, 5.74) is 1.71. The van der Waals surface area contributed by atoms with Crippen molar-refractivity contribution >= 4 is 11.9 Å². The third-order valence-corrected chi connectivity index (χ3v) is 4.55. The minimum absolute atomic E-state index is 0.115. The lowest BCUT2D eigenvalue weighted by atomic mass is 10.00. The first-order valence-electron chi connectivity index (χ1n) is 9.99. The minimum atomic E-state index is -1.09. The molecule has 0 aliphatic rings. The fraction of sp³-hybridized carbons (Fsp3) is 0.478. The van der Waals surface area contributed by atoms with E-state index in [9.17, 15) is 19.8 Å². The fourth-order valence-electron chi connectivity index (χ4n) is 2.98. The Hall–Kier alpha value is -2.56. The van der Waals surface area contributed by atoms with Crippen LogP contribution < -0.4 is 5.32 Å². The molecule has 1 aromatic carbocycles. The van der Waals surface area contributed by atoms with Crippen molar-refractivity contribution in [3.8, 4) is 5.75 Å². The summed E-state index contributed by atoms with van der Waals surface area (Å²) in [5, 5.41) is 21.2. The van der Waals surface area contributed by atoms with Gasteiger partial charge >= 0.3 is 5.97 Å². The number of hydrogen-bond donors (Lipinski definition) is 3. The van der Waals surface area contributed by atoms with E-state index in [-0.39, 0.29) is 12.2 Å². The van der Waals surface area contributed by atoms with Gasteiger partial charge in [0.05, 0.1) is 0 Å². The number of carbonyl (C=O) groups is 2. The van der Waals surface area contributed by atoms with E-state index in [4.69, 9.17) is 0 Å². The topological polar surface area (TPSA) is 86.6 Å². The molecule has 0 bridgehead atoms. The second-order valence-corrected chi connectivity index (χ2v) is 7.34. The molecule has 0 saturated heterocycles. The number of rotatable bonds is 12. The molecule has 0 aliphatic heterocycles. The Bertz CT molecular complexity index is 676. The number of nitrogens with one attached hydrogen (secondary N) is 1. The molecule has 5 nitrogen and oxygen atoms in total. The lowest BCUT2D eigenvalue weighted by Gasteiger charge is -2.13. The van der Waals surface area contributed by atoms with Crippen molar-refractivity contribution < 1.29 is 19.8 Å². The number of carbonyl (C=O) groups excluding carboxylic acids is 1. The van der Waals surface area contributed by atoms with Gasteiger partial charge in [-0.2, -0.15) is 0 Å². The molecule has 2 atom stereocenters. The van der Waals surface area contributed by atoms with Gasteiger partial charge in [-0.15, -0.1) is 0 Å². The summed E-state index contributed by atoms with van der Waals surface area (Å²) in [6.07, 6.45) is 11.5. The van der Waals surface area contributed by atoms with Crippen molar-refractivity contribution in [1.29, 1.82) is 0 Å². The fourth-order valence-corrected chi connectivity index (χ4v) is 2.98. The summed E-state index contributed by atoms with van der Waals surface area (Å²) >= 11 is 0. The van der Waals surface area contributed by atoms with Crippen molar-refractivity contribution in [2.75, 3.05) is 0 Å². The van der Waals surface area contributed by atoms with Crippen LogP contribution in [0.2, 0.25) is 0 Å². The molecule has 1 rings (SSSR count). The molecule has 154 valence electrons. The zero-order chi connectivity index (χ0) is 20.9. The van der Waals surface area contributed by atoms with E-state index in [0.29, 0.717) is 5.92 Å². The molecule has 0 spiro atoms. The quantitative estimate of drug-likeness (QED) is 0.278. The minimum Gasteiger partial charge on any atom is -0.508 e. The van der Waals surface area contributed by atoms with Crippen molar-refractivity contribution in [3.05, 3.63) is 53.6 Å². The number of amides is 1. The molecule has 0 heterocycles. The summed E-state index contributed by atoms with van der Waals surface area (Å²) in [7, 11) is 0. The van der Waals surface area contributed by atoms with Crippen LogP contribution in [0.5, 0.6) is 5.75 Å². The largest absolute Gasteiger partial charge is 0.508 e. The van der Waals surface area contributed by atoms with Crippen molar-refractivity contribution in [1.82, 2.24) is 5.32 Å². The lowest BCUT2D eigenvalue weighted by molar-refractivity contribution is -0.141. The van der Waals surface area contributed by atoms with Crippen molar-refractivity contribution in [3.63, 3.8) is 0 Å². The Morgan fingerprint density at radius 2 is 1.79 bits per heavy atom. The molecular formula is C23H33NO4. The van der Waals surface area contributed by atoms with E-state index in [1.807, 2.05) is 6.92 Å². The lowest BCUT2D eigenvalue weighted by Crippen LogP contribution is -2.41. The van der Waals surface area contributed by atoms with Crippen LogP contribution in [0.4, 0.5) is 0 Å². The summed E-state index contributed by atoms with van der Waals surface area (Å²) in [6.45, 7) is 6.31. The number of aromatic hydroxyl groups is 1. The third kappa shape index (κ3) is 9.95. The normalized spacial score (nSPS) is 14.0. The van der Waals surface area contributed by atoms with E-state index in [2.05, 4.69) is 25.2 Å². The SMILES string of the molecule is CCCCCC[C@@H](C)/C=C(C)/C=C/C(=O)N[C@@H](Cc1ccc(O)cc1)C(=O)O. The van der Waals surface area contributed by atoms with E-state index < -0.39 is 17.9 Å². The van der Waals surface area contributed by atoms with Gasteiger partial charge in [0.1, 0.15) is 11.8 Å². The highest BCUT2D eigenvalue weighted by Crippen LogP contribution is 2.14. The van der Waals surface area contributed by atoms with Crippen LogP contribution in [0, 0.1) is 5.92 Å². The predicted molar refractivity (Wildman–Crippen MR) is 112 cm³/mol. The standard InChI is InChI=1S/C23H33NO4/c1-4-5-6-7-8-17(2)15-18(3)9-14-22(26)24-21(23(27)28)16-19-10-12-20(25)13-11-19/h9-15,17,21,25H,4-8,16H2,1-3H3,(H,24,26)(H,27,28)/b14-9+,18-15+/t17-,21+/m1/s1. The van der Waals surface area contributed by atoms with Crippen molar-refractivity contribution in [2.24, 2.45) is 5.92 Å². The molecule has 28 heavy (non-hydrogen) atoms. The number of carboxylic acids is 1. The number of phenols is 1. The number of phenolic OH excluding ortho intramolecular Hbond substituents is 1.